The van der Waals surface area contributed by atoms with Gasteiger partial charge < -0.3 is 13.7 Å². The highest BCUT2D eigenvalue weighted by Crippen LogP contribution is 2.42. The summed E-state index contributed by atoms with van der Waals surface area (Å²) in [6.07, 6.45) is 0. The fraction of sp³-hybridized carbons (Fsp3) is 0. The van der Waals surface area contributed by atoms with Gasteiger partial charge in [-0.05, 0) is 87.9 Å². The van der Waals surface area contributed by atoms with Crippen LogP contribution in [-0.4, -0.2) is 0 Å². The fourth-order valence-corrected chi connectivity index (χ4v) is 6.91. The second kappa shape index (κ2) is 11.9. The van der Waals surface area contributed by atoms with Crippen molar-refractivity contribution >= 4 is 60.9 Å². The van der Waals surface area contributed by atoms with Gasteiger partial charge in [0.05, 0.1) is 9.60 Å². The van der Waals surface area contributed by atoms with E-state index in [0.29, 0.717) is 17.0 Å². The Morgan fingerprint density at radius 3 is 1.84 bits per heavy atom. The Kier molecular flexibility index (Phi) is 5.32. The molecular formula is C48H31NO2. The van der Waals surface area contributed by atoms with Crippen molar-refractivity contribution in [3.8, 4) is 33.4 Å². The maximum atomic E-state index is 9.53. The standard InChI is InChI=1S/C48H31NO2/c1-3-11-33(12-4-1)39-26-21-35(29-44(39)34-13-5-2-6-14-34)32-19-22-36(23-20-32)49(37-24-27-42-40-15-7-9-17-45(40)50-47(42)30-37)38-25-28-43-41-16-8-10-18-46(41)51-48(43)31-38/h1-31H/i7D,9D,15D,17D,24D,27D,30D. The van der Waals surface area contributed by atoms with Crippen LogP contribution in [0.25, 0.3) is 77.3 Å². The minimum Gasteiger partial charge on any atom is -0.456 e. The van der Waals surface area contributed by atoms with Crippen LogP contribution in [0.15, 0.2) is 197 Å². The Bertz CT molecular complexity index is 3250. The predicted molar refractivity (Wildman–Crippen MR) is 212 cm³/mol. The third kappa shape index (κ3) is 5.06. The van der Waals surface area contributed by atoms with Gasteiger partial charge in [0, 0.05) is 50.7 Å². The van der Waals surface area contributed by atoms with Crippen molar-refractivity contribution in [3.05, 3.63) is 188 Å². The topological polar surface area (TPSA) is 29.5 Å². The molecule has 0 fully saturated rings. The van der Waals surface area contributed by atoms with Gasteiger partial charge in [-0.3, -0.25) is 0 Å². The van der Waals surface area contributed by atoms with E-state index in [1.54, 1.807) is 4.90 Å². The smallest absolute Gasteiger partial charge is 0.137 e. The number of hydrogen-bond acceptors (Lipinski definition) is 3. The number of fused-ring (bicyclic) bond motifs is 6. The SMILES string of the molecule is [2H]c1c([2H])c([2H])c2c(oc3c([2H])c(N(c4ccc(-c5ccc(-c6ccccc6)c(-c6ccccc6)c5)cc4)c4ccc5c(c4)oc4ccccc45)c([2H])c([2H])c32)c1[2H]. The quantitative estimate of drug-likeness (QED) is 0.178. The second-order valence-electron chi connectivity index (χ2n) is 12.4. The second-order valence-corrected chi connectivity index (χ2v) is 12.4. The van der Waals surface area contributed by atoms with Crippen LogP contribution >= 0.6 is 0 Å². The van der Waals surface area contributed by atoms with Gasteiger partial charge in [0.15, 0.2) is 0 Å². The first-order valence-electron chi connectivity index (χ1n) is 20.2. The van der Waals surface area contributed by atoms with E-state index in [9.17, 15) is 4.11 Å². The molecule has 0 saturated carbocycles. The largest absolute Gasteiger partial charge is 0.456 e. The lowest BCUT2D eigenvalue weighted by Crippen LogP contribution is -2.09. The van der Waals surface area contributed by atoms with E-state index >= 15 is 0 Å². The number of benzene rings is 8. The summed E-state index contributed by atoms with van der Waals surface area (Å²) in [5.41, 5.74) is 8.65. The number of hydrogen-bond donors (Lipinski definition) is 0. The van der Waals surface area contributed by atoms with Crippen molar-refractivity contribution < 1.29 is 18.4 Å². The first-order chi connectivity index (χ1) is 28.2. The summed E-state index contributed by atoms with van der Waals surface area (Å²) in [5.74, 6) is 0. The van der Waals surface area contributed by atoms with Crippen LogP contribution in [0.4, 0.5) is 17.1 Å². The number of rotatable bonds is 6. The average Bonchev–Trinajstić information content (AvgIpc) is 3.86. The van der Waals surface area contributed by atoms with Crippen LogP contribution in [0.1, 0.15) is 9.60 Å². The van der Waals surface area contributed by atoms with E-state index in [0.717, 1.165) is 49.7 Å². The number of nitrogens with zero attached hydrogens (tertiary/aromatic N) is 1. The Labute approximate surface area is 305 Å². The molecule has 10 aromatic rings. The zero-order chi connectivity index (χ0) is 39.8. The van der Waals surface area contributed by atoms with E-state index in [4.69, 9.17) is 14.3 Å². The van der Waals surface area contributed by atoms with Crippen molar-refractivity contribution in [1.29, 1.82) is 0 Å². The van der Waals surface area contributed by atoms with Crippen molar-refractivity contribution in [3.63, 3.8) is 0 Å². The Balaban J connectivity index is 1.17. The molecule has 0 aliphatic heterocycles. The summed E-state index contributed by atoms with van der Waals surface area (Å²) in [5, 5.41) is 1.83. The van der Waals surface area contributed by atoms with Crippen LogP contribution in [-0.2, 0) is 0 Å². The first-order valence-corrected chi connectivity index (χ1v) is 16.7. The molecule has 0 aliphatic rings. The number of anilines is 3. The summed E-state index contributed by atoms with van der Waals surface area (Å²) < 4.78 is 74.1. The van der Waals surface area contributed by atoms with Gasteiger partial charge in [0.2, 0.25) is 0 Å². The minimum atomic E-state index is -0.479. The third-order valence-corrected chi connectivity index (χ3v) is 9.36. The van der Waals surface area contributed by atoms with E-state index in [-0.39, 0.29) is 51.8 Å². The summed E-state index contributed by atoms with van der Waals surface area (Å²) in [4.78, 5) is 1.73. The van der Waals surface area contributed by atoms with Crippen molar-refractivity contribution in [2.75, 3.05) is 4.90 Å². The molecule has 0 spiro atoms. The van der Waals surface area contributed by atoms with Gasteiger partial charge >= 0.3 is 0 Å². The Morgan fingerprint density at radius 1 is 0.373 bits per heavy atom. The maximum absolute atomic E-state index is 9.53. The Hall–Kier alpha value is -6.84. The fourth-order valence-electron chi connectivity index (χ4n) is 6.91. The molecule has 3 nitrogen and oxygen atoms in total. The van der Waals surface area contributed by atoms with Crippen molar-refractivity contribution in [2.24, 2.45) is 0 Å². The molecule has 2 heterocycles. The maximum Gasteiger partial charge on any atom is 0.137 e. The predicted octanol–water partition coefficient (Wildman–Crippen LogP) is 14.0. The molecule has 0 saturated heterocycles. The lowest BCUT2D eigenvalue weighted by atomic mass is 9.91. The van der Waals surface area contributed by atoms with Gasteiger partial charge in [0.25, 0.3) is 0 Å². The van der Waals surface area contributed by atoms with E-state index in [1.807, 2.05) is 103 Å². The molecule has 0 unspecified atom stereocenters. The van der Waals surface area contributed by atoms with E-state index < -0.39 is 18.1 Å². The summed E-state index contributed by atoms with van der Waals surface area (Å²) in [7, 11) is 0. The zero-order valence-corrected chi connectivity index (χ0v) is 27.1. The lowest BCUT2D eigenvalue weighted by molar-refractivity contribution is 0.669. The molecule has 2 aromatic heterocycles. The highest BCUT2D eigenvalue weighted by atomic mass is 16.3. The molecule has 0 bridgehead atoms. The van der Waals surface area contributed by atoms with Crippen LogP contribution in [0.2, 0.25) is 0 Å². The number of para-hydroxylation sites is 2. The van der Waals surface area contributed by atoms with Crippen LogP contribution in [0.3, 0.4) is 0 Å². The lowest BCUT2D eigenvalue weighted by Gasteiger charge is -2.25. The van der Waals surface area contributed by atoms with Crippen LogP contribution in [0.5, 0.6) is 0 Å². The molecule has 8 aromatic carbocycles. The monoisotopic (exact) mass is 660 g/mol. The van der Waals surface area contributed by atoms with Gasteiger partial charge in [0.1, 0.15) is 22.3 Å². The molecule has 240 valence electrons. The summed E-state index contributed by atoms with van der Waals surface area (Å²) in [6, 6.07) is 45.7. The Morgan fingerprint density at radius 2 is 1.02 bits per heavy atom. The number of furan rings is 2. The highest BCUT2D eigenvalue weighted by Gasteiger charge is 2.18. The molecule has 3 heteroatoms. The van der Waals surface area contributed by atoms with Gasteiger partial charge in [-0.25, -0.2) is 0 Å². The van der Waals surface area contributed by atoms with Crippen molar-refractivity contribution in [1.82, 2.24) is 0 Å². The molecule has 10 rings (SSSR count). The third-order valence-electron chi connectivity index (χ3n) is 9.36. The van der Waals surface area contributed by atoms with Gasteiger partial charge in [-0.15, -0.1) is 0 Å². The average molecular weight is 661 g/mol. The summed E-state index contributed by atoms with van der Waals surface area (Å²) >= 11 is 0. The molecule has 0 atom stereocenters. The highest BCUT2D eigenvalue weighted by molar-refractivity contribution is 6.07. The summed E-state index contributed by atoms with van der Waals surface area (Å²) in [6.45, 7) is 0. The first kappa shape index (κ1) is 22.7. The minimum absolute atomic E-state index is 0.00282. The van der Waals surface area contributed by atoms with E-state index in [1.165, 1.54) is 0 Å². The molecular weight excluding hydrogens is 623 g/mol. The molecule has 0 N–H and O–H groups in total. The molecule has 0 aliphatic carbocycles. The normalized spacial score (nSPS) is 13.5. The van der Waals surface area contributed by atoms with Gasteiger partial charge in [-0.2, -0.15) is 0 Å². The van der Waals surface area contributed by atoms with Gasteiger partial charge in [-0.1, -0.05) is 121 Å². The van der Waals surface area contributed by atoms with Crippen molar-refractivity contribution in [2.45, 2.75) is 0 Å². The van der Waals surface area contributed by atoms with E-state index in [2.05, 4.69) is 42.5 Å². The molecule has 0 amide bonds. The molecule has 0 radical (unpaired) electrons. The molecule has 51 heavy (non-hydrogen) atoms. The van der Waals surface area contributed by atoms with Crippen LogP contribution < -0.4 is 4.90 Å². The van der Waals surface area contributed by atoms with Crippen LogP contribution in [0, 0.1) is 0 Å². The zero-order valence-electron chi connectivity index (χ0n) is 34.1.